The molecular weight excluding hydrogens is 368 g/mol. The first-order valence-electron chi connectivity index (χ1n) is 11.2. The highest BCUT2D eigenvalue weighted by atomic mass is 16.8. The summed E-state index contributed by atoms with van der Waals surface area (Å²) in [7, 11) is 0. The SMILES string of the molecule is CC(C)CC[C@@H]1OC(C)(C)O[C@]12C(O)=C(C(=O)CC(C)C)C(=O)[C@H]2CCC(C)C. The van der Waals surface area contributed by atoms with Crippen LogP contribution in [0.1, 0.15) is 87.5 Å². The summed E-state index contributed by atoms with van der Waals surface area (Å²) in [5.74, 6) is -1.30. The van der Waals surface area contributed by atoms with Gasteiger partial charge in [0.25, 0.3) is 0 Å². The van der Waals surface area contributed by atoms with Crippen LogP contribution >= 0.6 is 0 Å². The van der Waals surface area contributed by atoms with Crippen molar-refractivity contribution in [2.45, 2.75) is 105 Å². The van der Waals surface area contributed by atoms with Crippen molar-refractivity contribution in [3.63, 3.8) is 0 Å². The van der Waals surface area contributed by atoms with E-state index in [0.717, 1.165) is 12.8 Å². The van der Waals surface area contributed by atoms with Crippen LogP contribution in [-0.2, 0) is 19.1 Å². The van der Waals surface area contributed by atoms with E-state index in [0.29, 0.717) is 24.7 Å². The summed E-state index contributed by atoms with van der Waals surface area (Å²) in [6.07, 6.45) is 2.72. The zero-order valence-corrected chi connectivity index (χ0v) is 19.5. The minimum Gasteiger partial charge on any atom is -0.508 e. The molecule has 0 aromatic heterocycles. The molecule has 1 aliphatic carbocycles. The van der Waals surface area contributed by atoms with E-state index in [-0.39, 0.29) is 35.2 Å². The minimum atomic E-state index is -1.26. The Morgan fingerprint density at radius 3 is 2.07 bits per heavy atom. The van der Waals surface area contributed by atoms with Gasteiger partial charge in [-0.2, -0.15) is 0 Å². The fraction of sp³-hybridized carbons (Fsp3) is 0.833. The standard InChI is InChI=1S/C24H40O5/c1-14(2)9-11-17-21(26)20(18(25)13-16(5)6)22(27)24(17)19(12-10-15(3)4)28-23(7,8)29-24/h14-17,19,27H,9-13H2,1-8H3/t17-,19+,24+/m1/s1. The normalized spacial score (nSPS) is 29.3. The van der Waals surface area contributed by atoms with Crippen molar-refractivity contribution in [1.29, 1.82) is 0 Å². The van der Waals surface area contributed by atoms with Crippen LogP contribution < -0.4 is 0 Å². The smallest absolute Gasteiger partial charge is 0.176 e. The third-order valence-corrected chi connectivity index (χ3v) is 5.92. The quantitative estimate of drug-likeness (QED) is 0.519. The molecule has 2 rings (SSSR count). The van der Waals surface area contributed by atoms with Crippen LogP contribution in [0, 0.1) is 23.7 Å². The highest BCUT2D eigenvalue weighted by Crippen LogP contribution is 2.54. The van der Waals surface area contributed by atoms with Crippen LogP contribution in [0.25, 0.3) is 0 Å². The minimum absolute atomic E-state index is 0.0525. The van der Waals surface area contributed by atoms with E-state index in [1.54, 1.807) is 0 Å². The first kappa shape index (κ1) is 24.1. The molecule has 2 aliphatic rings. The third-order valence-electron chi connectivity index (χ3n) is 5.92. The maximum absolute atomic E-state index is 13.4. The van der Waals surface area contributed by atoms with Crippen LogP contribution in [-0.4, -0.2) is 34.2 Å². The average molecular weight is 409 g/mol. The van der Waals surface area contributed by atoms with Crippen molar-refractivity contribution in [2.24, 2.45) is 23.7 Å². The van der Waals surface area contributed by atoms with Crippen LogP contribution in [0.3, 0.4) is 0 Å². The molecule has 0 bridgehead atoms. The number of Topliss-reactive ketones (excluding diaryl/α,β-unsaturated/α-hetero) is 2. The molecule has 0 unspecified atom stereocenters. The molecule has 1 N–H and O–H groups in total. The maximum atomic E-state index is 13.4. The van der Waals surface area contributed by atoms with Gasteiger partial charge in [0.2, 0.25) is 0 Å². The molecule has 0 radical (unpaired) electrons. The number of carbonyl (C=O) groups excluding carboxylic acids is 2. The Kier molecular flexibility index (Phi) is 7.38. The van der Waals surface area contributed by atoms with Gasteiger partial charge < -0.3 is 14.6 Å². The largest absolute Gasteiger partial charge is 0.508 e. The molecule has 29 heavy (non-hydrogen) atoms. The molecule has 1 fully saturated rings. The van der Waals surface area contributed by atoms with Gasteiger partial charge >= 0.3 is 0 Å². The fourth-order valence-electron chi connectivity index (χ4n) is 4.61. The monoisotopic (exact) mass is 408 g/mol. The van der Waals surface area contributed by atoms with Gasteiger partial charge in [-0.25, -0.2) is 0 Å². The number of hydrogen-bond donors (Lipinski definition) is 1. The van der Waals surface area contributed by atoms with Gasteiger partial charge in [0.05, 0.1) is 12.0 Å². The zero-order chi connectivity index (χ0) is 22.1. The summed E-state index contributed by atoms with van der Waals surface area (Å²) in [5, 5.41) is 11.3. The van der Waals surface area contributed by atoms with Crippen molar-refractivity contribution in [3.05, 3.63) is 11.3 Å². The number of aliphatic hydroxyl groups excluding tert-OH is 1. The topological polar surface area (TPSA) is 72.8 Å². The molecule has 0 saturated carbocycles. The second-order valence-electron chi connectivity index (χ2n) is 10.5. The predicted octanol–water partition coefficient (Wildman–Crippen LogP) is 5.38. The second kappa shape index (κ2) is 8.89. The molecule has 5 nitrogen and oxygen atoms in total. The van der Waals surface area contributed by atoms with Gasteiger partial charge in [0, 0.05) is 6.42 Å². The van der Waals surface area contributed by atoms with E-state index < -0.39 is 23.4 Å². The summed E-state index contributed by atoms with van der Waals surface area (Å²) >= 11 is 0. The number of carbonyl (C=O) groups is 2. The van der Waals surface area contributed by atoms with Crippen molar-refractivity contribution >= 4 is 11.6 Å². The lowest BCUT2D eigenvalue weighted by Crippen LogP contribution is -2.48. The van der Waals surface area contributed by atoms with Crippen LogP contribution in [0.5, 0.6) is 0 Å². The Hall–Kier alpha value is -1.20. The van der Waals surface area contributed by atoms with E-state index in [4.69, 9.17) is 9.47 Å². The molecule has 1 spiro atoms. The molecule has 3 atom stereocenters. The van der Waals surface area contributed by atoms with Crippen molar-refractivity contribution < 1.29 is 24.2 Å². The van der Waals surface area contributed by atoms with Crippen LogP contribution in [0.15, 0.2) is 11.3 Å². The summed E-state index contributed by atoms with van der Waals surface area (Å²) in [6, 6.07) is 0. The summed E-state index contributed by atoms with van der Waals surface area (Å²) < 4.78 is 12.6. The lowest BCUT2D eigenvalue weighted by Gasteiger charge is -2.35. The molecule has 166 valence electrons. The van der Waals surface area contributed by atoms with E-state index in [9.17, 15) is 14.7 Å². The molecule has 1 heterocycles. The van der Waals surface area contributed by atoms with Crippen molar-refractivity contribution in [2.75, 3.05) is 0 Å². The second-order valence-corrected chi connectivity index (χ2v) is 10.5. The molecule has 5 heteroatoms. The predicted molar refractivity (Wildman–Crippen MR) is 114 cm³/mol. The third kappa shape index (κ3) is 4.93. The average Bonchev–Trinajstić information content (AvgIpc) is 2.94. The van der Waals surface area contributed by atoms with E-state index >= 15 is 0 Å². The maximum Gasteiger partial charge on any atom is 0.176 e. The Morgan fingerprint density at radius 2 is 1.55 bits per heavy atom. The first-order valence-corrected chi connectivity index (χ1v) is 11.2. The molecular formula is C24H40O5. The molecule has 1 saturated heterocycles. The summed E-state index contributed by atoms with van der Waals surface area (Å²) in [6.45, 7) is 16.0. The lowest BCUT2D eigenvalue weighted by atomic mass is 9.78. The van der Waals surface area contributed by atoms with Gasteiger partial charge in [-0.05, 0) is 50.9 Å². The highest BCUT2D eigenvalue weighted by Gasteiger charge is 2.66. The van der Waals surface area contributed by atoms with Crippen LogP contribution in [0.4, 0.5) is 0 Å². The number of rotatable bonds is 9. The Balaban J connectivity index is 2.53. The van der Waals surface area contributed by atoms with Gasteiger partial charge in [-0.3, -0.25) is 9.59 Å². The molecule has 0 amide bonds. The highest BCUT2D eigenvalue weighted by molar-refractivity contribution is 6.23. The van der Waals surface area contributed by atoms with E-state index in [2.05, 4.69) is 27.7 Å². The number of hydrogen-bond acceptors (Lipinski definition) is 5. The summed E-state index contributed by atoms with van der Waals surface area (Å²) in [4.78, 5) is 26.3. The Morgan fingerprint density at radius 1 is 1.00 bits per heavy atom. The fourth-order valence-corrected chi connectivity index (χ4v) is 4.61. The molecule has 0 aromatic carbocycles. The Bertz CT molecular complexity index is 658. The summed E-state index contributed by atoms with van der Waals surface area (Å²) in [5.41, 5.74) is -1.31. The number of ether oxygens (including phenoxy) is 2. The first-order chi connectivity index (χ1) is 13.3. The lowest BCUT2D eigenvalue weighted by molar-refractivity contribution is -0.170. The molecule has 0 aromatic rings. The van der Waals surface area contributed by atoms with Crippen LogP contribution in [0.2, 0.25) is 0 Å². The molecule has 1 aliphatic heterocycles. The van der Waals surface area contributed by atoms with Crippen molar-refractivity contribution in [3.8, 4) is 0 Å². The van der Waals surface area contributed by atoms with E-state index in [1.807, 2.05) is 27.7 Å². The zero-order valence-electron chi connectivity index (χ0n) is 19.5. The van der Waals surface area contributed by atoms with E-state index in [1.165, 1.54) is 0 Å². The van der Waals surface area contributed by atoms with Gasteiger partial charge in [0.1, 0.15) is 11.3 Å². The number of aliphatic hydroxyl groups is 1. The number of allylic oxidation sites excluding steroid dienone is 1. The van der Waals surface area contributed by atoms with Gasteiger partial charge in [-0.1, -0.05) is 48.0 Å². The number of ketones is 2. The van der Waals surface area contributed by atoms with Gasteiger partial charge in [-0.15, -0.1) is 0 Å². The Labute approximate surface area is 176 Å². The van der Waals surface area contributed by atoms with Crippen molar-refractivity contribution in [1.82, 2.24) is 0 Å². The van der Waals surface area contributed by atoms with Gasteiger partial charge in [0.15, 0.2) is 23.0 Å².